The van der Waals surface area contributed by atoms with E-state index in [9.17, 15) is 58.5 Å². The molecule has 22 heteroatoms. The van der Waals surface area contributed by atoms with Gasteiger partial charge < -0.3 is 63.6 Å². The van der Waals surface area contributed by atoms with Gasteiger partial charge in [-0.05, 0) is 62.8 Å². The molecule has 1 aromatic carbocycles. The predicted molar refractivity (Wildman–Crippen MR) is 269 cm³/mol. The molecule has 72 heavy (non-hydrogen) atoms. The van der Waals surface area contributed by atoms with Crippen molar-refractivity contribution in [2.75, 3.05) is 13.6 Å². The van der Waals surface area contributed by atoms with E-state index in [1.54, 1.807) is 46.8 Å². The molecule has 398 valence electrons. The Labute approximate surface area is 421 Å². The number of aliphatic hydroxyl groups excluding tert-OH is 1. The Bertz CT molecular complexity index is 2170. The molecule has 1 aliphatic rings. The van der Waals surface area contributed by atoms with Gasteiger partial charge >= 0.3 is 11.9 Å². The SMILES string of the molecule is C=C1C(=O)N[C@H](CC(C)C)C(=O)N[C@@H](CC(C)C)C(=O)N[C@@H](C(=O)O)CC(=O)N[C@@H](CCCN=C(N)N)C(=O)N[C@@H](/C=C/C(C)=C/[C@H](C)[C@@H](O)Cc2ccccc2)[C@H](C)C(=O)N[C@@H](C(=O)O)CCC(=O)N1C. The normalized spacial score (nSPS) is 24.2. The number of benzene rings is 1. The Morgan fingerprint density at radius 2 is 1.36 bits per heavy atom. The first kappa shape index (κ1) is 61.0. The van der Waals surface area contributed by atoms with Crippen LogP contribution in [0.4, 0.5) is 0 Å². The summed E-state index contributed by atoms with van der Waals surface area (Å²) in [6.07, 6.45) is 2.72. The number of nitrogens with zero attached hydrogens (tertiary/aromatic N) is 2. The number of carbonyl (C=O) groups excluding carboxylic acids is 7. The molecule has 1 saturated heterocycles. The molecule has 1 aromatic rings. The lowest BCUT2D eigenvalue weighted by Gasteiger charge is -2.27. The van der Waals surface area contributed by atoms with Crippen LogP contribution in [0.2, 0.25) is 0 Å². The summed E-state index contributed by atoms with van der Waals surface area (Å²) in [5.41, 5.74) is 12.1. The summed E-state index contributed by atoms with van der Waals surface area (Å²) in [5.74, 6) is -11.5. The summed E-state index contributed by atoms with van der Waals surface area (Å²) in [6, 6.07) is 0.630. The Morgan fingerprint density at radius 1 is 0.806 bits per heavy atom. The number of aliphatic carboxylic acids is 2. The fourth-order valence-corrected chi connectivity index (χ4v) is 7.55. The van der Waals surface area contributed by atoms with Crippen molar-refractivity contribution in [1.82, 2.24) is 36.8 Å². The molecule has 0 radical (unpaired) electrons. The number of nitrogens with two attached hydrogens (primary N) is 2. The molecular weight excluding hydrogens is 933 g/mol. The van der Waals surface area contributed by atoms with Gasteiger partial charge in [-0.15, -0.1) is 0 Å². The van der Waals surface area contributed by atoms with Gasteiger partial charge in [0, 0.05) is 25.9 Å². The van der Waals surface area contributed by atoms with Gasteiger partial charge in [-0.1, -0.05) is 102 Å². The minimum absolute atomic E-state index is 0.00767. The minimum atomic E-state index is -1.86. The van der Waals surface area contributed by atoms with Gasteiger partial charge in [0.2, 0.25) is 35.4 Å². The molecule has 0 saturated carbocycles. The first-order valence-corrected chi connectivity index (χ1v) is 24.1. The highest BCUT2D eigenvalue weighted by atomic mass is 16.4. The fourth-order valence-electron chi connectivity index (χ4n) is 7.55. The van der Waals surface area contributed by atoms with E-state index < -0.39 is 127 Å². The standard InChI is InChI=1S/C50H76N10O12/c1-27(2)22-37-46(67)58-38(23-28(3)4)47(68)59-39(49(71)72)26-41(62)54-35(16-13-21-53-50(51)52)45(66)55-34(18-17-29(5)24-30(6)40(61)25-33-14-11-10-12-15-33)31(7)43(64)56-36(48(69)70)19-20-42(63)60(9)32(8)44(65)57-37/h10-12,14-15,17-18,24,27-28,30-31,34-40,61H,8,13,16,19-23,25-26H2,1-7,9H3,(H,54,62)(H,55,66)(H,56,64)(H,57,65)(H,58,67)(H,59,68)(H,69,70)(H,71,72)(H4,51,52,53)/b18-17+,29-24+/t30-,31-,34-,35-,36+,37+,38-,39+,40-/m0/s1. The third-order valence-corrected chi connectivity index (χ3v) is 11.8. The summed E-state index contributed by atoms with van der Waals surface area (Å²) in [6.45, 7) is 15.7. The van der Waals surface area contributed by atoms with Crippen molar-refractivity contribution in [3.05, 3.63) is 72.0 Å². The van der Waals surface area contributed by atoms with Crippen LogP contribution in [0.5, 0.6) is 0 Å². The summed E-state index contributed by atoms with van der Waals surface area (Å²) in [4.78, 5) is 126. The lowest BCUT2D eigenvalue weighted by atomic mass is 9.94. The van der Waals surface area contributed by atoms with E-state index in [1.165, 1.54) is 20.0 Å². The van der Waals surface area contributed by atoms with Crippen LogP contribution in [-0.2, 0) is 49.6 Å². The van der Waals surface area contributed by atoms with E-state index in [1.807, 2.05) is 37.3 Å². The van der Waals surface area contributed by atoms with Crippen LogP contribution in [0.25, 0.3) is 0 Å². The minimum Gasteiger partial charge on any atom is -0.480 e. The number of carboxylic acid groups (broad SMARTS) is 2. The van der Waals surface area contributed by atoms with Crippen LogP contribution < -0.4 is 43.4 Å². The highest BCUT2D eigenvalue weighted by Gasteiger charge is 2.35. The number of guanidine groups is 1. The molecule has 0 unspecified atom stereocenters. The van der Waals surface area contributed by atoms with E-state index >= 15 is 0 Å². The second-order valence-corrected chi connectivity index (χ2v) is 19.1. The zero-order valence-electron chi connectivity index (χ0n) is 42.6. The van der Waals surface area contributed by atoms with Gasteiger partial charge in [0.25, 0.3) is 5.91 Å². The lowest BCUT2D eigenvalue weighted by molar-refractivity contribution is -0.144. The fraction of sp³-hybridized carbons (Fsp3) is 0.560. The topological polar surface area (TPSA) is 354 Å². The van der Waals surface area contributed by atoms with Crippen molar-refractivity contribution < 1.29 is 58.5 Å². The van der Waals surface area contributed by atoms with Crippen LogP contribution in [0.1, 0.15) is 99.0 Å². The number of hydrogen-bond donors (Lipinski definition) is 11. The molecule has 0 aromatic heterocycles. The molecular formula is C50H76N10O12. The number of amides is 7. The summed E-state index contributed by atoms with van der Waals surface area (Å²) < 4.78 is 0. The third kappa shape index (κ3) is 21.5. The quantitative estimate of drug-likeness (QED) is 0.0358. The smallest absolute Gasteiger partial charge is 0.326 e. The summed E-state index contributed by atoms with van der Waals surface area (Å²) in [5, 5.41) is 46.5. The number of hydrogen-bond acceptors (Lipinski definition) is 11. The Kier molecular flexibility index (Phi) is 25.4. The van der Waals surface area contributed by atoms with Crippen molar-refractivity contribution >= 4 is 59.2 Å². The van der Waals surface area contributed by atoms with Gasteiger partial charge in [-0.3, -0.25) is 38.6 Å². The number of nitrogens with one attached hydrogen (secondary N) is 6. The summed E-state index contributed by atoms with van der Waals surface area (Å²) >= 11 is 0. The first-order valence-electron chi connectivity index (χ1n) is 24.1. The van der Waals surface area contributed by atoms with Crippen LogP contribution in [0.3, 0.4) is 0 Å². The Hall–Kier alpha value is -7.10. The lowest BCUT2D eigenvalue weighted by Crippen LogP contribution is -2.57. The van der Waals surface area contributed by atoms with Gasteiger partial charge in [0.05, 0.1) is 24.5 Å². The molecule has 7 amide bonds. The maximum Gasteiger partial charge on any atom is 0.326 e. The number of likely N-dealkylation sites (N-methyl/N-ethyl adjacent to an activating group) is 1. The van der Waals surface area contributed by atoms with Gasteiger partial charge in [0.1, 0.15) is 35.9 Å². The number of rotatable bonds is 16. The number of aliphatic imine (C=N–C) groups is 1. The van der Waals surface area contributed by atoms with E-state index in [0.717, 1.165) is 10.5 Å². The Morgan fingerprint density at radius 3 is 1.93 bits per heavy atom. The van der Waals surface area contributed by atoms with E-state index in [4.69, 9.17) is 11.5 Å². The first-order chi connectivity index (χ1) is 33.7. The molecule has 22 nitrogen and oxygen atoms in total. The molecule has 1 aliphatic heterocycles. The number of carbonyl (C=O) groups is 9. The van der Waals surface area contributed by atoms with Crippen LogP contribution in [0.15, 0.2) is 71.4 Å². The van der Waals surface area contributed by atoms with Gasteiger partial charge in [0.15, 0.2) is 5.96 Å². The van der Waals surface area contributed by atoms with Gasteiger partial charge in [-0.25, -0.2) is 9.59 Å². The maximum atomic E-state index is 14.3. The Balaban J connectivity index is 2.72. The zero-order chi connectivity index (χ0) is 54.4. The van der Waals surface area contributed by atoms with E-state index in [2.05, 4.69) is 43.5 Å². The molecule has 9 atom stereocenters. The number of carboxylic acids is 2. The van der Waals surface area contributed by atoms with Crippen LogP contribution in [0, 0.1) is 23.7 Å². The van der Waals surface area contributed by atoms with E-state index in [-0.39, 0.29) is 55.9 Å². The van der Waals surface area contributed by atoms with Crippen molar-refractivity contribution in [2.45, 2.75) is 142 Å². The largest absolute Gasteiger partial charge is 0.480 e. The monoisotopic (exact) mass is 1010 g/mol. The third-order valence-electron chi connectivity index (χ3n) is 11.8. The average Bonchev–Trinajstić information content (AvgIpc) is 3.30. The molecule has 0 bridgehead atoms. The van der Waals surface area contributed by atoms with Crippen molar-refractivity contribution in [1.29, 1.82) is 0 Å². The highest BCUT2D eigenvalue weighted by Crippen LogP contribution is 2.17. The zero-order valence-corrected chi connectivity index (χ0v) is 42.6. The highest BCUT2D eigenvalue weighted by molar-refractivity contribution is 6.00. The second-order valence-electron chi connectivity index (χ2n) is 19.1. The molecule has 2 rings (SSSR count). The van der Waals surface area contributed by atoms with Crippen LogP contribution in [-0.4, -0.2) is 135 Å². The number of allylic oxidation sites excluding steroid dienone is 2. The van der Waals surface area contributed by atoms with E-state index in [0.29, 0.717) is 12.0 Å². The van der Waals surface area contributed by atoms with Crippen LogP contribution >= 0.6 is 0 Å². The predicted octanol–water partition coefficient (Wildman–Crippen LogP) is 0.745. The molecule has 1 heterocycles. The second kappa shape index (κ2) is 29.9. The van der Waals surface area contributed by atoms with Crippen molar-refractivity contribution in [3.8, 4) is 0 Å². The molecule has 0 aliphatic carbocycles. The average molecular weight is 1010 g/mol. The summed E-state index contributed by atoms with van der Waals surface area (Å²) in [7, 11) is 1.22. The number of aliphatic hydroxyl groups is 1. The van der Waals surface area contributed by atoms with Crippen molar-refractivity contribution in [2.24, 2.45) is 40.1 Å². The molecule has 0 spiro atoms. The van der Waals surface area contributed by atoms with Gasteiger partial charge in [-0.2, -0.15) is 0 Å². The molecule has 1 fully saturated rings. The molecule has 13 N–H and O–H groups in total. The maximum absolute atomic E-state index is 14.3. The van der Waals surface area contributed by atoms with Crippen molar-refractivity contribution in [3.63, 3.8) is 0 Å².